The average molecular weight is 449 g/mol. The highest BCUT2D eigenvalue weighted by Gasteiger charge is 2.29. The fourth-order valence-electron chi connectivity index (χ4n) is 2.74. The van der Waals surface area contributed by atoms with Crippen LogP contribution in [0.25, 0.3) is 12.2 Å². The fourth-order valence-corrected chi connectivity index (χ4v) is 3.56. The Labute approximate surface area is 182 Å². The maximum atomic E-state index is 12.6. The molecule has 0 spiro atoms. The zero-order valence-electron chi connectivity index (χ0n) is 16.9. The van der Waals surface area contributed by atoms with Crippen molar-refractivity contribution in [2.75, 3.05) is 12.4 Å². The molecule has 2 aromatic carbocycles. The summed E-state index contributed by atoms with van der Waals surface area (Å²) in [6.45, 7) is 2.42. The number of aromatic nitrogens is 1. The van der Waals surface area contributed by atoms with Crippen molar-refractivity contribution in [2.45, 2.75) is 25.5 Å². The molecule has 3 rings (SSSR count). The molecule has 31 heavy (non-hydrogen) atoms. The number of aryl methyl sites for hydroxylation is 1. The van der Waals surface area contributed by atoms with Gasteiger partial charge in [-0.3, -0.25) is 0 Å². The van der Waals surface area contributed by atoms with Gasteiger partial charge in [0.05, 0.1) is 12.2 Å². The molecule has 0 atom stereocenters. The molecule has 8 heteroatoms. The van der Waals surface area contributed by atoms with E-state index in [0.29, 0.717) is 22.9 Å². The number of ether oxygens (including phenoxy) is 1. The van der Waals surface area contributed by atoms with Crippen molar-refractivity contribution < 1.29 is 27.4 Å². The summed E-state index contributed by atoms with van der Waals surface area (Å²) in [5.74, 6) is 2.61. The van der Waals surface area contributed by atoms with Crippen LogP contribution in [0.4, 0.5) is 13.2 Å². The summed E-state index contributed by atoms with van der Waals surface area (Å²) < 4.78 is 49.0. The molecule has 0 bridgehead atoms. The molecule has 0 radical (unpaired) electrons. The van der Waals surface area contributed by atoms with Crippen LogP contribution >= 0.6 is 11.8 Å². The van der Waals surface area contributed by atoms with E-state index in [4.69, 9.17) is 14.3 Å². The number of aliphatic hydroxyl groups excluding tert-OH is 1. The lowest BCUT2D eigenvalue weighted by Gasteiger charge is -2.09. The number of hydrogen-bond acceptors (Lipinski definition) is 5. The van der Waals surface area contributed by atoms with Crippen LogP contribution in [0.3, 0.4) is 0 Å². The number of nitrogens with zero attached hydrogens (tertiary/aromatic N) is 1. The van der Waals surface area contributed by atoms with Gasteiger partial charge in [0.25, 0.3) is 0 Å². The summed E-state index contributed by atoms with van der Waals surface area (Å²) in [5, 5.41) is 8.87. The van der Waals surface area contributed by atoms with E-state index in [9.17, 15) is 13.2 Å². The number of halogens is 3. The number of rotatable bonds is 9. The summed E-state index contributed by atoms with van der Waals surface area (Å²) in [4.78, 5) is 4.30. The maximum absolute atomic E-state index is 12.6. The van der Waals surface area contributed by atoms with Crippen molar-refractivity contribution in [3.05, 3.63) is 82.6 Å². The molecule has 0 aliphatic rings. The third-order valence-corrected chi connectivity index (χ3v) is 5.41. The predicted octanol–water partition coefficient (Wildman–Crippen LogP) is 5.98. The van der Waals surface area contributed by atoms with Crippen LogP contribution in [0.1, 0.15) is 33.8 Å². The molecule has 1 N–H and O–H groups in total. The van der Waals surface area contributed by atoms with E-state index in [1.165, 1.54) is 24.0 Å². The Morgan fingerprint density at radius 1 is 1.13 bits per heavy atom. The van der Waals surface area contributed by atoms with E-state index in [-0.39, 0.29) is 13.2 Å². The lowest BCUT2D eigenvalue weighted by molar-refractivity contribution is -0.137. The number of oxazole rings is 1. The zero-order valence-corrected chi connectivity index (χ0v) is 17.7. The Hall–Kier alpha value is -2.71. The van der Waals surface area contributed by atoms with E-state index in [2.05, 4.69) is 4.98 Å². The highest BCUT2D eigenvalue weighted by Crippen LogP contribution is 2.29. The molecule has 0 aliphatic carbocycles. The smallest absolute Gasteiger partial charge is 0.416 e. The van der Waals surface area contributed by atoms with Crippen molar-refractivity contribution in [3.63, 3.8) is 0 Å². The first-order valence-corrected chi connectivity index (χ1v) is 10.7. The number of aliphatic hydroxyl groups is 1. The second kappa shape index (κ2) is 10.5. The van der Waals surface area contributed by atoms with Crippen LogP contribution in [0.2, 0.25) is 0 Å². The molecule has 0 saturated heterocycles. The lowest BCUT2D eigenvalue weighted by atomic mass is 10.1. The monoisotopic (exact) mass is 449 g/mol. The SMILES string of the molecule is Cc1cc(OCc2coc(/C=C/c3ccc(C(F)(F)F)cc3)n2)ccc1CSCCO. The van der Waals surface area contributed by atoms with Gasteiger partial charge in [0.15, 0.2) is 0 Å². The number of benzene rings is 2. The van der Waals surface area contributed by atoms with Crippen molar-refractivity contribution in [2.24, 2.45) is 0 Å². The molecule has 1 heterocycles. The molecule has 0 fully saturated rings. The Balaban J connectivity index is 1.54. The largest absolute Gasteiger partial charge is 0.487 e. The van der Waals surface area contributed by atoms with Crippen LogP contribution in [-0.2, 0) is 18.5 Å². The highest BCUT2D eigenvalue weighted by molar-refractivity contribution is 7.98. The minimum Gasteiger partial charge on any atom is -0.487 e. The van der Waals surface area contributed by atoms with E-state index in [0.717, 1.165) is 29.2 Å². The van der Waals surface area contributed by atoms with Crippen LogP contribution in [0, 0.1) is 6.92 Å². The molecule has 164 valence electrons. The summed E-state index contributed by atoms with van der Waals surface area (Å²) in [6, 6.07) is 10.7. The molecule has 0 unspecified atom stereocenters. The summed E-state index contributed by atoms with van der Waals surface area (Å²) in [6.07, 6.45) is 0.360. The van der Waals surface area contributed by atoms with Gasteiger partial charge in [-0.1, -0.05) is 18.2 Å². The van der Waals surface area contributed by atoms with Crippen molar-refractivity contribution in [1.82, 2.24) is 4.98 Å². The minimum atomic E-state index is -4.35. The Kier molecular flexibility index (Phi) is 7.81. The average Bonchev–Trinajstić information content (AvgIpc) is 3.20. The molecule has 3 aromatic rings. The summed E-state index contributed by atoms with van der Waals surface area (Å²) in [5.41, 5.74) is 2.84. The first-order chi connectivity index (χ1) is 14.8. The van der Waals surface area contributed by atoms with Gasteiger partial charge in [0, 0.05) is 17.6 Å². The van der Waals surface area contributed by atoms with E-state index in [1.54, 1.807) is 23.9 Å². The van der Waals surface area contributed by atoms with Crippen molar-refractivity contribution in [1.29, 1.82) is 0 Å². The van der Waals surface area contributed by atoms with Gasteiger partial charge in [-0.15, -0.1) is 0 Å². The minimum absolute atomic E-state index is 0.171. The van der Waals surface area contributed by atoms with Gasteiger partial charge in [-0.05, 0) is 54.0 Å². The van der Waals surface area contributed by atoms with Crippen molar-refractivity contribution >= 4 is 23.9 Å². The summed E-state index contributed by atoms with van der Waals surface area (Å²) >= 11 is 1.67. The molecule has 4 nitrogen and oxygen atoms in total. The third kappa shape index (κ3) is 6.90. The van der Waals surface area contributed by atoms with Gasteiger partial charge in [-0.2, -0.15) is 24.9 Å². The molecule has 0 saturated carbocycles. The normalized spacial score (nSPS) is 11.9. The first-order valence-electron chi connectivity index (χ1n) is 9.56. The van der Waals surface area contributed by atoms with Crippen LogP contribution in [0.5, 0.6) is 5.75 Å². The van der Waals surface area contributed by atoms with Gasteiger partial charge in [0.1, 0.15) is 24.3 Å². The molecule has 1 aromatic heterocycles. The number of thioether (sulfide) groups is 1. The first kappa shape index (κ1) is 23.0. The second-order valence-electron chi connectivity index (χ2n) is 6.78. The number of alkyl halides is 3. The van der Waals surface area contributed by atoms with Crippen LogP contribution < -0.4 is 4.74 Å². The molecule has 0 aliphatic heterocycles. The van der Waals surface area contributed by atoms with Gasteiger partial charge in [-0.25, -0.2) is 4.98 Å². The van der Waals surface area contributed by atoms with Crippen LogP contribution in [0.15, 0.2) is 53.1 Å². The molecular formula is C23H22F3NO3S. The molecule has 0 amide bonds. The predicted molar refractivity (Wildman–Crippen MR) is 116 cm³/mol. The molecular weight excluding hydrogens is 427 g/mol. The van der Waals surface area contributed by atoms with Gasteiger partial charge in [0.2, 0.25) is 5.89 Å². The Morgan fingerprint density at radius 2 is 1.90 bits per heavy atom. The lowest BCUT2D eigenvalue weighted by Crippen LogP contribution is -2.03. The highest BCUT2D eigenvalue weighted by atomic mass is 32.2. The van der Waals surface area contributed by atoms with Crippen LogP contribution in [-0.4, -0.2) is 22.5 Å². The standard InChI is InChI=1S/C23H22F3NO3S/c1-16-12-21(8-5-18(16)15-31-11-10-28)29-13-20-14-30-22(27-20)9-4-17-2-6-19(7-3-17)23(24,25)26/h2-9,12,14,28H,10-11,13,15H2,1H3/b9-4+. The van der Waals surface area contributed by atoms with Crippen molar-refractivity contribution in [3.8, 4) is 5.75 Å². The van der Waals surface area contributed by atoms with E-state index < -0.39 is 11.7 Å². The fraction of sp³-hybridized carbons (Fsp3) is 0.261. The second-order valence-corrected chi connectivity index (χ2v) is 7.89. The Morgan fingerprint density at radius 3 is 2.58 bits per heavy atom. The van der Waals surface area contributed by atoms with Gasteiger partial charge >= 0.3 is 6.18 Å². The van der Waals surface area contributed by atoms with E-state index in [1.807, 2.05) is 25.1 Å². The summed E-state index contributed by atoms with van der Waals surface area (Å²) in [7, 11) is 0. The number of hydrogen-bond donors (Lipinski definition) is 1. The Bertz CT molecular complexity index is 1010. The van der Waals surface area contributed by atoms with Gasteiger partial charge < -0.3 is 14.3 Å². The maximum Gasteiger partial charge on any atom is 0.416 e. The van der Waals surface area contributed by atoms with E-state index >= 15 is 0 Å². The third-order valence-electron chi connectivity index (χ3n) is 4.42. The quantitative estimate of drug-likeness (QED) is 0.408. The zero-order chi connectivity index (χ0) is 22.3. The topological polar surface area (TPSA) is 55.5 Å².